The summed E-state index contributed by atoms with van der Waals surface area (Å²) in [6.07, 6.45) is 2.83. The van der Waals surface area contributed by atoms with Gasteiger partial charge in [0.2, 0.25) is 5.91 Å². The molecular weight excluding hydrogens is 292 g/mol. The van der Waals surface area contributed by atoms with Crippen molar-refractivity contribution in [1.82, 2.24) is 19.6 Å². The van der Waals surface area contributed by atoms with Crippen molar-refractivity contribution >= 4 is 11.9 Å². The summed E-state index contributed by atoms with van der Waals surface area (Å²) in [4.78, 5) is 32.8. The number of likely N-dealkylation sites (tertiary alicyclic amines) is 2. The van der Waals surface area contributed by atoms with Crippen LogP contribution < -0.4 is 0 Å². The van der Waals surface area contributed by atoms with Gasteiger partial charge in [0.25, 0.3) is 0 Å². The first-order valence-corrected chi connectivity index (χ1v) is 8.72. The summed E-state index contributed by atoms with van der Waals surface area (Å²) in [6.45, 7) is 5.63. The standard InChI is InChI=1S/C17H32N4O2/c1-13-11-19(4)10-8-15(13)20(5)16(22)14-7-6-9-21(12-14)17(23)18(2)3/h13-15H,6-12H2,1-5H3. The molecule has 3 atom stereocenters. The van der Waals surface area contributed by atoms with Crippen LogP contribution in [0, 0.1) is 11.8 Å². The normalized spacial score (nSPS) is 29.3. The molecule has 0 bridgehead atoms. The summed E-state index contributed by atoms with van der Waals surface area (Å²) in [5, 5.41) is 0. The molecule has 2 fully saturated rings. The van der Waals surface area contributed by atoms with E-state index in [0.29, 0.717) is 18.5 Å². The Morgan fingerprint density at radius 2 is 1.74 bits per heavy atom. The predicted octanol–water partition coefficient (Wildman–Crippen LogP) is 1.18. The summed E-state index contributed by atoms with van der Waals surface area (Å²) in [5.41, 5.74) is 0. The van der Waals surface area contributed by atoms with E-state index in [1.807, 2.05) is 16.8 Å². The number of hydrogen-bond acceptors (Lipinski definition) is 3. The fourth-order valence-corrected chi connectivity index (χ4v) is 4.00. The minimum atomic E-state index is -0.0514. The summed E-state index contributed by atoms with van der Waals surface area (Å²) in [5.74, 6) is 0.651. The Morgan fingerprint density at radius 3 is 2.35 bits per heavy atom. The van der Waals surface area contributed by atoms with E-state index in [-0.39, 0.29) is 17.9 Å². The number of rotatable bonds is 2. The van der Waals surface area contributed by atoms with Gasteiger partial charge in [0.05, 0.1) is 5.92 Å². The third kappa shape index (κ3) is 4.16. The van der Waals surface area contributed by atoms with Crippen molar-refractivity contribution in [2.75, 3.05) is 54.4 Å². The van der Waals surface area contributed by atoms with Crippen LogP contribution >= 0.6 is 0 Å². The molecule has 2 saturated heterocycles. The molecule has 3 unspecified atom stereocenters. The van der Waals surface area contributed by atoms with Crippen LogP contribution in [0.2, 0.25) is 0 Å². The van der Waals surface area contributed by atoms with Crippen molar-refractivity contribution in [3.05, 3.63) is 0 Å². The Labute approximate surface area is 140 Å². The van der Waals surface area contributed by atoms with Gasteiger partial charge in [0.1, 0.15) is 0 Å². The van der Waals surface area contributed by atoms with Gasteiger partial charge in [-0.3, -0.25) is 4.79 Å². The van der Waals surface area contributed by atoms with E-state index in [4.69, 9.17) is 0 Å². The van der Waals surface area contributed by atoms with Crippen molar-refractivity contribution in [1.29, 1.82) is 0 Å². The van der Waals surface area contributed by atoms with Gasteiger partial charge in [-0.15, -0.1) is 0 Å². The molecule has 0 radical (unpaired) electrons. The zero-order chi connectivity index (χ0) is 17.1. The SMILES string of the molecule is CC1CN(C)CCC1N(C)C(=O)C1CCCN(C(=O)N(C)C)C1. The molecular formula is C17H32N4O2. The van der Waals surface area contributed by atoms with Gasteiger partial charge in [0, 0.05) is 46.8 Å². The minimum absolute atomic E-state index is 0.0119. The van der Waals surface area contributed by atoms with Crippen molar-refractivity contribution in [2.24, 2.45) is 11.8 Å². The van der Waals surface area contributed by atoms with Crippen LogP contribution in [0.25, 0.3) is 0 Å². The highest BCUT2D eigenvalue weighted by Gasteiger charge is 2.35. The van der Waals surface area contributed by atoms with E-state index >= 15 is 0 Å². The number of nitrogens with zero attached hydrogens (tertiary/aromatic N) is 4. The van der Waals surface area contributed by atoms with Crippen LogP contribution in [-0.2, 0) is 4.79 Å². The molecule has 6 nitrogen and oxygen atoms in total. The fourth-order valence-electron chi connectivity index (χ4n) is 4.00. The van der Waals surface area contributed by atoms with E-state index < -0.39 is 0 Å². The number of amides is 3. The lowest BCUT2D eigenvalue weighted by atomic mass is 9.90. The van der Waals surface area contributed by atoms with Crippen LogP contribution in [0.5, 0.6) is 0 Å². The molecule has 0 spiro atoms. The molecule has 2 rings (SSSR count). The van der Waals surface area contributed by atoms with Gasteiger partial charge in [-0.2, -0.15) is 0 Å². The highest BCUT2D eigenvalue weighted by Crippen LogP contribution is 2.25. The lowest BCUT2D eigenvalue weighted by molar-refractivity contribution is -0.139. The van der Waals surface area contributed by atoms with Crippen LogP contribution in [-0.4, -0.2) is 91.9 Å². The molecule has 2 aliphatic heterocycles. The third-order valence-corrected chi connectivity index (χ3v) is 5.33. The first-order chi connectivity index (χ1) is 10.8. The van der Waals surface area contributed by atoms with E-state index in [1.54, 1.807) is 19.0 Å². The Balaban J connectivity index is 1.97. The summed E-state index contributed by atoms with van der Waals surface area (Å²) in [6, 6.07) is 0.330. The second-order valence-electron chi connectivity index (χ2n) is 7.51. The van der Waals surface area contributed by atoms with Gasteiger partial charge in [0.15, 0.2) is 0 Å². The lowest BCUT2D eigenvalue weighted by Crippen LogP contribution is -2.54. The van der Waals surface area contributed by atoms with Crippen molar-refractivity contribution in [3.8, 4) is 0 Å². The minimum Gasteiger partial charge on any atom is -0.342 e. The molecule has 0 aliphatic carbocycles. The van der Waals surface area contributed by atoms with Crippen molar-refractivity contribution in [3.63, 3.8) is 0 Å². The second kappa shape index (κ2) is 7.51. The number of carbonyl (C=O) groups excluding carboxylic acids is 2. The molecule has 3 amide bonds. The van der Waals surface area contributed by atoms with Crippen LogP contribution in [0.3, 0.4) is 0 Å². The number of carbonyl (C=O) groups is 2. The summed E-state index contributed by atoms with van der Waals surface area (Å²) >= 11 is 0. The van der Waals surface area contributed by atoms with Gasteiger partial charge < -0.3 is 19.6 Å². The Morgan fingerprint density at radius 1 is 1.04 bits per heavy atom. The monoisotopic (exact) mass is 324 g/mol. The van der Waals surface area contributed by atoms with Gasteiger partial charge >= 0.3 is 6.03 Å². The molecule has 2 aliphatic rings. The molecule has 0 saturated carbocycles. The van der Waals surface area contributed by atoms with Gasteiger partial charge in [-0.05, 0) is 38.8 Å². The maximum atomic E-state index is 12.9. The van der Waals surface area contributed by atoms with Crippen LogP contribution in [0.15, 0.2) is 0 Å². The molecule has 23 heavy (non-hydrogen) atoms. The fraction of sp³-hybridized carbons (Fsp3) is 0.882. The number of piperidine rings is 2. The zero-order valence-corrected chi connectivity index (χ0v) is 15.3. The predicted molar refractivity (Wildman–Crippen MR) is 91.2 cm³/mol. The molecule has 0 aromatic carbocycles. The van der Waals surface area contributed by atoms with E-state index in [2.05, 4.69) is 18.9 Å². The molecule has 2 heterocycles. The average molecular weight is 324 g/mol. The maximum absolute atomic E-state index is 12.9. The van der Waals surface area contributed by atoms with E-state index in [9.17, 15) is 9.59 Å². The van der Waals surface area contributed by atoms with E-state index in [0.717, 1.165) is 38.9 Å². The molecule has 0 N–H and O–H groups in total. The van der Waals surface area contributed by atoms with Gasteiger partial charge in [-0.25, -0.2) is 4.79 Å². The Kier molecular flexibility index (Phi) is 5.89. The topological polar surface area (TPSA) is 47.1 Å². The number of urea groups is 1. The molecule has 0 aromatic heterocycles. The Hall–Kier alpha value is -1.30. The largest absolute Gasteiger partial charge is 0.342 e. The average Bonchev–Trinajstić information content (AvgIpc) is 2.53. The number of hydrogen-bond donors (Lipinski definition) is 0. The van der Waals surface area contributed by atoms with Crippen molar-refractivity contribution < 1.29 is 9.59 Å². The van der Waals surface area contributed by atoms with Crippen LogP contribution in [0.1, 0.15) is 26.2 Å². The van der Waals surface area contributed by atoms with Crippen LogP contribution in [0.4, 0.5) is 4.79 Å². The highest BCUT2D eigenvalue weighted by molar-refractivity contribution is 5.81. The van der Waals surface area contributed by atoms with Gasteiger partial charge in [-0.1, -0.05) is 6.92 Å². The first-order valence-electron chi connectivity index (χ1n) is 8.72. The Bertz CT molecular complexity index is 440. The molecule has 132 valence electrons. The van der Waals surface area contributed by atoms with Crippen molar-refractivity contribution in [2.45, 2.75) is 32.2 Å². The summed E-state index contributed by atoms with van der Waals surface area (Å²) < 4.78 is 0. The zero-order valence-electron chi connectivity index (χ0n) is 15.3. The maximum Gasteiger partial charge on any atom is 0.319 e. The molecule has 6 heteroatoms. The third-order valence-electron chi connectivity index (χ3n) is 5.33. The highest BCUT2D eigenvalue weighted by atomic mass is 16.2. The lowest BCUT2D eigenvalue weighted by Gasteiger charge is -2.42. The quantitative estimate of drug-likeness (QED) is 0.766. The first kappa shape index (κ1) is 18.0. The second-order valence-corrected chi connectivity index (χ2v) is 7.51. The summed E-state index contributed by atoms with van der Waals surface area (Å²) in [7, 11) is 7.61. The smallest absolute Gasteiger partial charge is 0.319 e. The van der Waals surface area contributed by atoms with E-state index in [1.165, 1.54) is 0 Å². The molecule has 0 aromatic rings.